The Morgan fingerprint density at radius 1 is 0.920 bits per heavy atom. The third-order valence-corrected chi connectivity index (χ3v) is 9.96. The molecule has 0 N–H and O–H groups in total. The molecule has 0 aromatic carbocycles. The summed E-state index contributed by atoms with van der Waals surface area (Å²) in [6, 6.07) is 0. The fourth-order valence-electron chi connectivity index (χ4n) is 8.69. The van der Waals surface area contributed by atoms with Crippen molar-refractivity contribution in [3.05, 3.63) is 0 Å². The van der Waals surface area contributed by atoms with Gasteiger partial charge in [-0.1, -0.05) is 33.6 Å². The van der Waals surface area contributed by atoms with Crippen molar-refractivity contribution in [1.82, 2.24) is 0 Å². The van der Waals surface area contributed by atoms with E-state index in [1.54, 1.807) is 0 Å². The van der Waals surface area contributed by atoms with Crippen LogP contribution in [0.5, 0.6) is 0 Å². The summed E-state index contributed by atoms with van der Waals surface area (Å²) in [5, 5.41) is 0. The molecule has 25 heavy (non-hydrogen) atoms. The second kappa shape index (κ2) is 6.38. The van der Waals surface area contributed by atoms with Crippen molar-refractivity contribution in [2.45, 2.75) is 98.3 Å². The van der Waals surface area contributed by atoms with Crippen molar-refractivity contribution in [2.75, 3.05) is 0 Å². The molecule has 0 aromatic rings. The van der Waals surface area contributed by atoms with Gasteiger partial charge in [0.15, 0.2) is 0 Å². The van der Waals surface area contributed by atoms with E-state index in [9.17, 15) is 4.79 Å². The van der Waals surface area contributed by atoms with Crippen molar-refractivity contribution in [3.63, 3.8) is 0 Å². The van der Waals surface area contributed by atoms with Gasteiger partial charge >= 0.3 is 0 Å². The summed E-state index contributed by atoms with van der Waals surface area (Å²) in [4.78, 5) is 12.3. The Hall–Kier alpha value is -0.330. The van der Waals surface area contributed by atoms with Crippen LogP contribution in [0.25, 0.3) is 0 Å². The second-order valence-corrected chi connectivity index (χ2v) is 10.9. The number of Topliss-reactive ketones (excluding diaryl/α,β-unsaturated/α-hetero) is 1. The minimum atomic E-state index is 0.329. The summed E-state index contributed by atoms with van der Waals surface area (Å²) in [7, 11) is 0. The highest BCUT2D eigenvalue weighted by atomic mass is 16.1. The van der Waals surface area contributed by atoms with E-state index in [0.29, 0.717) is 22.5 Å². The molecule has 0 aromatic heterocycles. The fourth-order valence-corrected chi connectivity index (χ4v) is 8.69. The highest BCUT2D eigenvalue weighted by Gasteiger charge is 2.60. The minimum Gasteiger partial charge on any atom is -0.300 e. The molecule has 8 atom stereocenters. The molecular weight excluding hydrogens is 304 g/mol. The van der Waals surface area contributed by atoms with Crippen molar-refractivity contribution < 1.29 is 4.79 Å². The second-order valence-electron chi connectivity index (χ2n) is 10.9. The monoisotopic (exact) mass is 344 g/mol. The van der Waals surface area contributed by atoms with E-state index in [-0.39, 0.29) is 0 Å². The van der Waals surface area contributed by atoms with Crippen LogP contribution in [0.15, 0.2) is 0 Å². The van der Waals surface area contributed by atoms with Crippen LogP contribution in [0.2, 0.25) is 0 Å². The van der Waals surface area contributed by atoms with Crippen molar-refractivity contribution >= 4 is 5.78 Å². The average Bonchev–Trinajstić information content (AvgIpc) is 2.93. The smallest absolute Gasteiger partial charge is 0.133 e. The maximum atomic E-state index is 12.3. The predicted molar refractivity (Wildman–Crippen MR) is 104 cm³/mol. The van der Waals surface area contributed by atoms with Gasteiger partial charge in [-0.3, -0.25) is 4.79 Å². The standard InChI is InChI=1S/C24H40O/c1-5-6-17-11-13-23(3)18(15-17)7-8-19-21-10-9-20(16(2)25)24(21,4)14-12-22(19)23/h17-22H,5-15H2,1-4H3/t17-,18+,19+,20-,21+,22+,23+,24-/m1/s1. The maximum absolute atomic E-state index is 12.3. The molecule has 4 saturated carbocycles. The summed E-state index contributed by atoms with van der Waals surface area (Å²) in [5.74, 6) is 5.57. The normalized spacial score (nSPS) is 52.2. The molecule has 1 heteroatoms. The first-order valence-electron chi connectivity index (χ1n) is 11.4. The van der Waals surface area contributed by atoms with Crippen LogP contribution in [-0.4, -0.2) is 5.78 Å². The van der Waals surface area contributed by atoms with Gasteiger partial charge in [-0.05, 0) is 105 Å². The van der Waals surface area contributed by atoms with Gasteiger partial charge in [0.2, 0.25) is 0 Å². The van der Waals surface area contributed by atoms with Crippen LogP contribution in [0.4, 0.5) is 0 Å². The number of carbonyl (C=O) groups is 1. The first kappa shape index (κ1) is 18.1. The van der Waals surface area contributed by atoms with Crippen LogP contribution in [-0.2, 0) is 4.79 Å². The molecule has 4 rings (SSSR count). The fraction of sp³-hybridized carbons (Fsp3) is 0.958. The molecule has 4 fully saturated rings. The Kier molecular flexibility index (Phi) is 4.61. The topological polar surface area (TPSA) is 17.1 Å². The lowest BCUT2D eigenvalue weighted by atomic mass is 9.44. The van der Waals surface area contributed by atoms with E-state index in [4.69, 9.17) is 0 Å². The van der Waals surface area contributed by atoms with Crippen LogP contribution in [0.3, 0.4) is 0 Å². The van der Waals surface area contributed by atoms with E-state index in [1.165, 1.54) is 70.6 Å². The van der Waals surface area contributed by atoms with Crippen LogP contribution in [0, 0.1) is 46.3 Å². The van der Waals surface area contributed by atoms with Gasteiger partial charge in [-0.25, -0.2) is 0 Å². The van der Waals surface area contributed by atoms with Crippen molar-refractivity contribution in [3.8, 4) is 0 Å². The summed E-state index contributed by atoms with van der Waals surface area (Å²) >= 11 is 0. The van der Waals surface area contributed by atoms with E-state index < -0.39 is 0 Å². The Bertz CT molecular complexity index is 524. The molecule has 1 nitrogen and oxygen atoms in total. The van der Waals surface area contributed by atoms with Crippen molar-refractivity contribution in [2.24, 2.45) is 46.3 Å². The lowest BCUT2D eigenvalue weighted by molar-refractivity contribution is -0.135. The van der Waals surface area contributed by atoms with Crippen LogP contribution < -0.4 is 0 Å². The highest BCUT2D eigenvalue weighted by Crippen LogP contribution is 2.67. The van der Waals surface area contributed by atoms with Gasteiger partial charge in [0.05, 0.1) is 0 Å². The van der Waals surface area contributed by atoms with E-state index in [2.05, 4.69) is 20.8 Å². The number of ketones is 1. The van der Waals surface area contributed by atoms with Gasteiger partial charge in [-0.15, -0.1) is 0 Å². The maximum Gasteiger partial charge on any atom is 0.133 e. The number of fused-ring (bicyclic) bond motifs is 5. The number of hydrogen-bond acceptors (Lipinski definition) is 1. The Morgan fingerprint density at radius 2 is 1.64 bits per heavy atom. The summed E-state index contributed by atoms with van der Waals surface area (Å²) in [6.07, 6.45) is 15.5. The van der Waals surface area contributed by atoms with Gasteiger partial charge in [0.1, 0.15) is 5.78 Å². The van der Waals surface area contributed by atoms with Gasteiger partial charge in [0, 0.05) is 5.92 Å². The zero-order valence-corrected chi connectivity index (χ0v) is 17.2. The van der Waals surface area contributed by atoms with Gasteiger partial charge in [0.25, 0.3) is 0 Å². The lowest BCUT2D eigenvalue weighted by Crippen LogP contribution is -2.53. The molecule has 0 amide bonds. The number of carbonyl (C=O) groups excluding carboxylic acids is 1. The highest BCUT2D eigenvalue weighted by molar-refractivity contribution is 5.79. The predicted octanol–water partition coefficient (Wildman–Crippen LogP) is 6.65. The molecule has 0 aliphatic heterocycles. The molecule has 0 radical (unpaired) electrons. The van der Waals surface area contributed by atoms with E-state index in [1.807, 2.05) is 6.92 Å². The molecular formula is C24H40O. The van der Waals surface area contributed by atoms with E-state index in [0.717, 1.165) is 29.6 Å². The molecule has 4 aliphatic rings. The SMILES string of the molecule is CCC[C@@H]1CC[C@@]2(C)[C@@H](CC[C@@H]3[C@@H]2CC[C@]2(C)[C@@H](C(C)=O)CC[C@@H]32)C1. The van der Waals surface area contributed by atoms with Gasteiger partial charge in [-0.2, -0.15) is 0 Å². The van der Waals surface area contributed by atoms with Crippen molar-refractivity contribution in [1.29, 1.82) is 0 Å². The molecule has 4 aliphatic carbocycles. The minimum absolute atomic E-state index is 0.329. The van der Waals surface area contributed by atoms with Crippen LogP contribution >= 0.6 is 0 Å². The Morgan fingerprint density at radius 3 is 2.36 bits per heavy atom. The Balaban J connectivity index is 1.55. The third-order valence-electron chi connectivity index (χ3n) is 9.96. The molecule has 0 heterocycles. The number of hydrogen-bond donors (Lipinski definition) is 0. The molecule has 0 bridgehead atoms. The zero-order valence-electron chi connectivity index (χ0n) is 17.2. The summed E-state index contributed by atoms with van der Waals surface area (Å²) in [6.45, 7) is 9.38. The largest absolute Gasteiger partial charge is 0.300 e. The molecule has 0 spiro atoms. The molecule has 142 valence electrons. The molecule has 0 unspecified atom stereocenters. The molecule has 0 saturated heterocycles. The first-order valence-corrected chi connectivity index (χ1v) is 11.4. The zero-order chi connectivity index (χ0) is 17.8. The van der Waals surface area contributed by atoms with E-state index >= 15 is 0 Å². The summed E-state index contributed by atoms with van der Waals surface area (Å²) in [5.41, 5.74) is 0.943. The first-order chi connectivity index (χ1) is 11.9. The van der Waals surface area contributed by atoms with Gasteiger partial charge < -0.3 is 0 Å². The quantitative estimate of drug-likeness (QED) is 0.560. The summed E-state index contributed by atoms with van der Waals surface area (Å²) < 4.78 is 0. The number of rotatable bonds is 3. The average molecular weight is 345 g/mol. The third kappa shape index (κ3) is 2.66. The van der Waals surface area contributed by atoms with Crippen LogP contribution in [0.1, 0.15) is 98.3 Å². The lowest BCUT2D eigenvalue weighted by Gasteiger charge is -2.61. The Labute approximate surface area is 155 Å².